The van der Waals surface area contributed by atoms with Crippen LogP contribution >= 0.6 is 0 Å². The molecular weight excluding hydrogens is 372 g/mol. The quantitative estimate of drug-likeness (QED) is 0.531. The molecule has 29 heavy (non-hydrogen) atoms. The van der Waals surface area contributed by atoms with Crippen LogP contribution < -0.4 is 15.5 Å². The van der Waals surface area contributed by atoms with Crippen LogP contribution in [0, 0.1) is 0 Å². The van der Waals surface area contributed by atoms with Crippen LogP contribution in [-0.2, 0) is 4.79 Å². The van der Waals surface area contributed by atoms with E-state index in [1.807, 2.05) is 6.07 Å². The molecule has 1 aromatic carbocycles. The van der Waals surface area contributed by atoms with Gasteiger partial charge in [0.15, 0.2) is 0 Å². The van der Waals surface area contributed by atoms with Gasteiger partial charge in [0.05, 0.1) is 11.1 Å². The number of benzene rings is 1. The van der Waals surface area contributed by atoms with Crippen molar-refractivity contribution in [1.29, 1.82) is 0 Å². The number of hydrogen-bond donors (Lipinski definition) is 2. The highest BCUT2D eigenvalue weighted by Crippen LogP contribution is 2.22. The Hall–Kier alpha value is -3.49. The summed E-state index contributed by atoms with van der Waals surface area (Å²) in [5.41, 5.74) is 0.675. The van der Waals surface area contributed by atoms with Crippen molar-refractivity contribution in [2.45, 2.75) is 12.8 Å². The van der Waals surface area contributed by atoms with E-state index in [1.165, 1.54) is 19.2 Å². The Kier molecular flexibility index (Phi) is 5.37. The Morgan fingerprint density at radius 2 is 1.69 bits per heavy atom. The predicted octanol–water partition coefficient (Wildman–Crippen LogP) is 0.901. The summed E-state index contributed by atoms with van der Waals surface area (Å²) in [4.78, 5) is 48.4. The van der Waals surface area contributed by atoms with Crippen LogP contribution in [0.25, 0.3) is 0 Å². The van der Waals surface area contributed by atoms with E-state index in [2.05, 4.69) is 25.5 Å². The largest absolute Gasteiger partial charge is 0.368 e. The minimum absolute atomic E-state index is 0.293. The van der Waals surface area contributed by atoms with E-state index in [0.29, 0.717) is 30.0 Å². The lowest BCUT2D eigenvalue weighted by molar-refractivity contribution is -0.121. The minimum atomic E-state index is -0.436. The lowest BCUT2D eigenvalue weighted by Gasteiger charge is -2.17. The number of carbonyl (C=O) groups excluding carboxylic acids is 3. The van der Waals surface area contributed by atoms with Crippen molar-refractivity contribution in [1.82, 2.24) is 20.2 Å². The number of nitrogens with one attached hydrogen (secondary N) is 2. The SMILES string of the molecule is O=C(CN1C(=O)c2ccccc2C1=O)NCCNc1cc(N2CCCC2)ncn1. The number of rotatable bonds is 7. The molecule has 0 bridgehead atoms. The molecule has 1 aromatic heterocycles. The van der Waals surface area contributed by atoms with Crippen LogP contribution in [0.3, 0.4) is 0 Å². The summed E-state index contributed by atoms with van der Waals surface area (Å²) >= 11 is 0. The first-order chi connectivity index (χ1) is 14.1. The first-order valence-corrected chi connectivity index (χ1v) is 9.66. The molecule has 9 heteroatoms. The standard InChI is InChI=1S/C20H22N6O3/c27-18(12-26-19(28)14-5-1-2-6-15(14)20(26)29)22-8-7-21-16-11-17(24-13-23-16)25-9-3-4-10-25/h1-2,5-6,11,13H,3-4,7-10,12H2,(H,22,27)(H,21,23,24). The third-order valence-electron chi connectivity index (χ3n) is 5.02. The molecule has 0 unspecified atom stereocenters. The Balaban J connectivity index is 1.23. The van der Waals surface area contributed by atoms with Gasteiger partial charge in [0.1, 0.15) is 24.5 Å². The van der Waals surface area contributed by atoms with Gasteiger partial charge in [-0.25, -0.2) is 9.97 Å². The fraction of sp³-hybridized carbons (Fsp3) is 0.350. The average molecular weight is 394 g/mol. The molecule has 0 saturated carbocycles. The number of anilines is 2. The number of carbonyl (C=O) groups is 3. The van der Waals surface area contributed by atoms with Gasteiger partial charge < -0.3 is 15.5 Å². The van der Waals surface area contributed by atoms with Gasteiger partial charge in [0.2, 0.25) is 5.91 Å². The molecule has 2 aliphatic rings. The number of hydrogen-bond acceptors (Lipinski definition) is 7. The highest BCUT2D eigenvalue weighted by molar-refractivity contribution is 6.22. The van der Waals surface area contributed by atoms with Gasteiger partial charge in [-0.15, -0.1) is 0 Å². The van der Waals surface area contributed by atoms with Gasteiger partial charge in [0.25, 0.3) is 11.8 Å². The van der Waals surface area contributed by atoms with Crippen molar-refractivity contribution < 1.29 is 14.4 Å². The van der Waals surface area contributed by atoms with E-state index in [-0.39, 0.29) is 12.5 Å². The molecule has 2 aromatic rings. The normalized spacial score (nSPS) is 15.6. The van der Waals surface area contributed by atoms with E-state index >= 15 is 0 Å². The fourth-order valence-corrected chi connectivity index (χ4v) is 3.54. The van der Waals surface area contributed by atoms with Crippen molar-refractivity contribution in [2.75, 3.05) is 42.9 Å². The van der Waals surface area contributed by atoms with E-state index in [4.69, 9.17) is 0 Å². The maximum Gasteiger partial charge on any atom is 0.262 e. The molecule has 3 heterocycles. The minimum Gasteiger partial charge on any atom is -0.368 e. The van der Waals surface area contributed by atoms with E-state index in [0.717, 1.165) is 23.8 Å². The zero-order chi connectivity index (χ0) is 20.2. The Morgan fingerprint density at radius 1 is 1.00 bits per heavy atom. The van der Waals surface area contributed by atoms with Crippen LogP contribution in [0.15, 0.2) is 36.7 Å². The van der Waals surface area contributed by atoms with Crippen LogP contribution in [-0.4, -0.2) is 65.3 Å². The molecular formula is C20H22N6O3. The Morgan fingerprint density at radius 3 is 2.38 bits per heavy atom. The molecule has 150 valence electrons. The smallest absolute Gasteiger partial charge is 0.262 e. The molecule has 9 nitrogen and oxygen atoms in total. The van der Waals surface area contributed by atoms with E-state index < -0.39 is 11.8 Å². The van der Waals surface area contributed by atoms with Crippen molar-refractivity contribution in [3.05, 3.63) is 47.8 Å². The van der Waals surface area contributed by atoms with Gasteiger partial charge in [-0.3, -0.25) is 19.3 Å². The molecule has 2 N–H and O–H groups in total. The van der Waals surface area contributed by atoms with Gasteiger partial charge in [-0.1, -0.05) is 12.1 Å². The van der Waals surface area contributed by atoms with Gasteiger partial charge in [-0.05, 0) is 25.0 Å². The summed E-state index contributed by atoms with van der Waals surface area (Å²) in [5.74, 6) is 0.330. The molecule has 1 fully saturated rings. The fourth-order valence-electron chi connectivity index (χ4n) is 3.54. The van der Waals surface area contributed by atoms with Gasteiger partial charge >= 0.3 is 0 Å². The Labute approximate surface area is 168 Å². The highest BCUT2D eigenvalue weighted by atomic mass is 16.2. The first kappa shape index (κ1) is 18.9. The summed E-state index contributed by atoms with van der Waals surface area (Å²) in [5, 5.41) is 5.87. The van der Waals surface area contributed by atoms with Crippen LogP contribution in [0.1, 0.15) is 33.6 Å². The number of nitrogens with zero attached hydrogens (tertiary/aromatic N) is 4. The molecule has 0 aliphatic carbocycles. The third kappa shape index (κ3) is 4.03. The first-order valence-electron chi connectivity index (χ1n) is 9.66. The summed E-state index contributed by atoms with van der Waals surface area (Å²) in [6.45, 7) is 2.52. The molecule has 0 spiro atoms. The monoisotopic (exact) mass is 394 g/mol. The van der Waals surface area contributed by atoms with Crippen LogP contribution in [0.4, 0.5) is 11.6 Å². The summed E-state index contributed by atoms with van der Waals surface area (Å²) in [6, 6.07) is 8.47. The molecule has 2 aliphatic heterocycles. The van der Waals surface area contributed by atoms with Crippen molar-refractivity contribution in [2.24, 2.45) is 0 Å². The topological polar surface area (TPSA) is 108 Å². The molecule has 0 atom stereocenters. The number of fused-ring (bicyclic) bond motifs is 1. The number of amides is 3. The van der Waals surface area contributed by atoms with Crippen molar-refractivity contribution in [3.63, 3.8) is 0 Å². The summed E-state index contributed by atoms with van der Waals surface area (Å²) in [7, 11) is 0. The zero-order valence-electron chi connectivity index (χ0n) is 15.9. The average Bonchev–Trinajstić information content (AvgIpc) is 3.36. The van der Waals surface area contributed by atoms with Gasteiger partial charge in [0, 0.05) is 32.2 Å². The third-order valence-corrected chi connectivity index (χ3v) is 5.02. The molecule has 3 amide bonds. The van der Waals surface area contributed by atoms with Crippen molar-refractivity contribution >= 4 is 29.4 Å². The van der Waals surface area contributed by atoms with E-state index in [1.54, 1.807) is 24.3 Å². The van der Waals surface area contributed by atoms with E-state index in [9.17, 15) is 14.4 Å². The number of imide groups is 1. The summed E-state index contributed by atoms with van der Waals surface area (Å²) < 4.78 is 0. The van der Waals surface area contributed by atoms with Crippen LogP contribution in [0.2, 0.25) is 0 Å². The Bertz CT molecular complexity index is 906. The highest BCUT2D eigenvalue weighted by Gasteiger charge is 2.36. The molecule has 0 radical (unpaired) electrons. The lowest BCUT2D eigenvalue weighted by atomic mass is 10.1. The maximum atomic E-state index is 12.3. The second kappa shape index (κ2) is 8.26. The van der Waals surface area contributed by atoms with Crippen molar-refractivity contribution in [3.8, 4) is 0 Å². The van der Waals surface area contributed by atoms with Gasteiger partial charge in [-0.2, -0.15) is 0 Å². The zero-order valence-corrected chi connectivity index (χ0v) is 15.9. The van der Waals surface area contributed by atoms with Crippen LogP contribution in [0.5, 0.6) is 0 Å². The number of aromatic nitrogens is 2. The lowest BCUT2D eigenvalue weighted by Crippen LogP contribution is -2.41. The summed E-state index contributed by atoms with van der Waals surface area (Å²) in [6.07, 6.45) is 3.87. The maximum absolute atomic E-state index is 12.3. The molecule has 4 rings (SSSR count). The molecule has 1 saturated heterocycles. The second-order valence-electron chi connectivity index (χ2n) is 6.97. The second-order valence-corrected chi connectivity index (χ2v) is 6.97. The predicted molar refractivity (Wildman–Crippen MR) is 107 cm³/mol.